The molecule has 4 aliphatic rings. The van der Waals surface area contributed by atoms with Gasteiger partial charge in [0, 0.05) is 43.8 Å². The third-order valence-electron chi connectivity index (χ3n) is 9.82. The van der Waals surface area contributed by atoms with Crippen molar-refractivity contribution in [2.24, 2.45) is 29.6 Å². The fourth-order valence-corrected chi connectivity index (χ4v) is 8.14. The minimum atomic E-state index is -1.73. The molecule has 1 saturated heterocycles. The molecule has 0 spiro atoms. The van der Waals surface area contributed by atoms with E-state index in [0.717, 1.165) is 18.4 Å². The maximum atomic E-state index is 13.7. The minimum Gasteiger partial charge on any atom is -0.449 e. The Hall–Kier alpha value is -2.96. The van der Waals surface area contributed by atoms with Gasteiger partial charge in [0.25, 0.3) is 0 Å². The van der Waals surface area contributed by atoms with Crippen LogP contribution >= 0.6 is 11.6 Å². The van der Waals surface area contributed by atoms with Gasteiger partial charge in [0.1, 0.15) is 18.0 Å². The number of carbonyl (C=O) groups is 2. The highest BCUT2D eigenvalue weighted by Gasteiger charge is 2.58. The maximum Gasteiger partial charge on any atom is 0.419 e. The van der Waals surface area contributed by atoms with Crippen LogP contribution in [-0.4, -0.2) is 63.5 Å². The number of fused-ring (bicyclic) bond motifs is 4. The fourth-order valence-electron chi connectivity index (χ4n) is 7.85. The van der Waals surface area contributed by atoms with Gasteiger partial charge in [-0.15, -0.1) is 0 Å². The summed E-state index contributed by atoms with van der Waals surface area (Å²) >= 11 is 6.41. The van der Waals surface area contributed by atoms with E-state index in [0.29, 0.717) is 16.3 Å². The SMILES string of the molecule is CC1=CC2C(C(C)COC(=O)n3ccnc3)CCC(C)C2C(O)(OC(=O)[C@@H]2C[C@@]3(O)c4cccc(Cl)c4N(C)O[C@H]3N2)C1. The molecule has 2 aliphatic heterocycles. The molecular weight excluding hydrogens is 576 g/mol. The van der Waals surface area contributed by atoms with Crippen LogP contribution in [0.1, 0.15) is 52.0 Å². The van der Waals surface area contributed by atoms with Gasteiger partial charge in [-0.25, -0.2) is 14.3 Å². The Balaban J connectivity index is 1.18. The smallest absolute Gasteiger partial charge is 0.419 e. The normalized spacial score (nSPS) is 35.7. The number of anilines is 1. The zero-order chi connectivity index (χ0) is 30.7. The topological polar surface area (TPSA) is 135 Å². The number of hydroxylamine groups is 1. The van der Waals surface area contributed by atoms with Crippen molar-refractivity contribution in [1.82, 2.24) is 14.9 Å². The molecule has 2 fully saturated rings. The Morgan fingerprint density at radius 1 is 1.30 bits per heavy atom. The largest absolute Gasteiger partial charge is 0.449 e. The summed E-state index contributed by atoms with van der Waals surface area (Å²) in [5.41, 5.74) is 0.512. The van der Waals surface area contributed by atoms with Crippen molar-refractivity contribution in [2.45, 2.75) is 70.1 Å². The summed E-state index contributed by atoms with van der Waals surface area (Å²) in [4.78, 5) is 35.9. The molecule has 6 rings (SSSR count). The first kappa shape index (κ1) is 30.1. The highest BCUT2D eigenvalue weighted by molar-refractivity contribution is 6.33. The van der Waals surface area contributed by atoms with Crippen LogP contribution in [0.3, 0.4) is 0 Å². The number of hydrogen-bond acceptors (Lipinski definition) is 10. The van der Waals surface area contributed by atoms with E-state index in [1.165, 1.54) is 28.4 Å². The van der Waals surface area contributed by atoms with Crippen LogP contribution in [0.2, 0.25) is 5.02 Å². The van der Waals surface area contributed by atoms with Crippen LogP contribution in [-0.2, 0) is 24.7 Å². The number of rotatable bonds is 5. The highest BCUT2D eigenvalue weighted by Crippen LogP contribution is 2.53. The Morgan fingerprint density at radius 2 is 2.09 bits per heavy atom. The van der Waals surface area contributed by atoms with Gasteiger partial charge in [-0.3, -0.25) is 20.0 Å². The zero-order valence-corrected chi connectivity index (χ0v) is 25.5. The van der Waals surface area contributed by atoms with Crippen molar-refractivity contribution in [1.29, 1.82) is 0 Å². The van der Waals surface area contributed by atoms with Crippen LogP contribution in [0, 0.1) is 29.6 Å². The molecular formula is C31H39ClN4O7. The number of para-hydroxylation sites is 1. The van der Waals surface area contributed by atoms with Crippen LogP contribution in [0.4, 0.5) is 10.5 Å². The van der Waals surface area contributed by atoms with Gasteiger partial charge >= 0.3 is 12.1 Å². The molecule has 0 bridgehead atoms. The summed E-state index contributed by atoms with van der Waals surface area (Å²) in [6.45, 7) is 6.29. The number of benzene rings is 1. The van der Waals surface area contributed by atoms with Crippen molar-refractivity contribution in [3.8, 4) is 0 Å². The molecule has 9 atom stereocenters. The molecule has 3 N–H and O–H groups in total. The standard InChI is InChI=1S/C31H39ClN4O7/c1-17-12-21-20(19(3)15-41-29(38)36-11-10-33-16-36)9-8-18(2)25(21)31(40,13-17)42-27(37)24-14-30(39)22-6-5-7-23(32)26(22)35(4)43-28(30)34-24/h5-7,10-12,16,18-21,24-25,28,34,39-40H,8-9,13-15H2,1-4H3/t18?,19?,20?,21?,24-,25?,28+,30+,31?/m0/s1. The molecule has 6 unspecified atom stereocenters. The number of hydrogen-bond donors (Lipinski definition) is 3. The molecule has 43 heavy (non-hydrogen) atoms. The Kier molecular flexibility index (Phi) is 7.83. The molecule has 2 aromatic rings. The van der Waals surface area contributed by atoms with Crippen molar-refractivity contribution < 1.29 is 34.1 Å². The number of esters is 1. The van der Waals surface area contributed by atoms with Gasteiger partial charge in [0.05, 0.1) is 17.3 Å². The first-order valence-electron chi connectivity index (χ1n) is 14.9. The fraction of sp³-hybridized carbons (Fsp3) is 0.581. The lowest BCUT2D eigenvalue weighted by Gasteiger charge is -2.52. The second-order valence-electron chi connectivity index (χ2n) is 12.8. The van der Waals surface area contributed by atoms with E-state index in [9.17, 15) is 19.8 Å². The first-order chi connectivity index (χ1) is 20.4. The van der Waals surface area contributed by atoms with Gasteiger partial charge < -0.3 is 19.7 Å². The Morgan fingerprint density at radius 3 is 2.84 bits per heavy atom. The van der Waals surface area contributed by atoms with Gasteiger partial charge in [-0.2, -0.15) is 0 Å². The Bertz CT molecular complexity index is 1420. The lowest BCUT2D eigenvalue weighted by atomic mass is 9.58. The first-order valence-corrected chi connectivity index (χ1v) is 15.2. The van der Waals surface area contributed by atoms with Crippen molar-refractivity contribution in [3.05, 3.63) is 59.2 Å². The molecule has 1 saturated carbocycles. The van der Waals surface area contributed by atoms with Gasteiger partial charge in [-0.05, 0) is 49.5 Å². The maximum absolute atomic E-state index is 13.7. The summed E-state index contributed by atoms with van der Waals surface area (Å²) in [6.07, 6.45) is 7.17. The molecule has 1 aromatic heterocycles. The van der Waals surface area contributed by atoms with Crippen molar-refractivity contribution in [2.75, 3.05) is 18.7 Å². The third-order valence-corrected chi connectivity index (χ3v) is 10.1. The molecule has 12 heteroatoms. The number of halogens is 1. The average Bonchev–Trinajstić information content (AvgIpc) is 3.60. The average molecular weight is 615 g/mol. The summed E-state index contributed by atoms with van der Waals surface area (Å²) in [6, 6.07) is 4.32. The molecule has 0 amide bonds. The number of nitrogens with zero attached hydrogens (tertiary/aromatic N) is 3. The van der Waals surface area contributed by atoms with Gasteiger partial charge in [-0.1, -0.05) is 49.2 Å². The predicted octanol–water partition coefficient (Wildman–Crippen LogP) is 3.97. The third kappa shape index (κ3) is 5.25. The molecule has 1 aromatic carbocycles. The van der Waals surface area contributed by atoms with E-state index in [-0.39, 0.29) is 49.0 Å². The Labute approximate surface area is 255 Å². The number of nitrogens with one attached hydrogen (secondary N) is 1. The van der Waals surface area contributed by atoms with E-state index in [1.54, 1.807) is 25.2 Å². The van der Waals surface area contributed by atoms with E-state index in [4.69, 9.17) is 25.9 Å². The highest BCUT2D eigenvalue weighted by atomic mass is 35.5. The van der Waals surface area contributed by atoms with Crippen LogP contribution in [0.5, 0.6) is 0 Å². The minimum absolute atomic E-state index is 0.00414. The van der Waals surface area contributed by atoms with Crippen molar-refractivity contribution >= 4 is 29.4 Å². The van der Waals surface area contributed by atoms with Crippen LogP contribution < -0.4 is 10.4 Å². The summed E-state index contributed by atoms with van der Waals surface area (Å²) in [5.74, 6) is -2.61. The second-order valence-corrected chi connectivity index (χ2v) is 13.2. The number of aromatic nitrogens is 2. The predicted molar refractivity (Wildman–Crippen MR) is 157 cm³/mol. The number of carbonyl (C=O) groups excluding carboxylic acids is 2. The number of aliphatic hydroxyl groups is 2. The summed E-state index contributed by atoms with van der Waals surface area (Å²) in [7, 11) is 1.69. The summed E-state index contributed by atoms with van der Waals surface area (Å²) in [5, 5.41) is 28.8. The number of imidazole rings is 1. The number of allylic oxidation sites excluding steroid dienone is 1. The van der Waals surface area contributed by atoms with E-state index < -0.39 is 35.7 Å². The molecule has 11 nitrogen and oxygen atoms in total. The second kappa shape index (κ2) is 11.2. The van der Waals surface area contributed by atoms with Gasteiger partial charge in [0.15, 0.2) is 6.23 Å². The van der Waals surface area contributed by atoms with Crippen LogP contribution in [0.25, 0.3) is 0 Å². The summed E-state index contributed by atoms with van der Waals surface area (Å²) < 4.78 is 12.9. The molecule has 232 valence electrons. The van der Waals surface area contributed by atoms with E-state index in [2.05, 4.69) is 23.3 Å². The molecule has 3 heterocycles. The molecule has 0 radical (unpaired) electrons. The quantitative estimate of drug-likeness (QED) is 0.258. The van der Waals surface area contributed by atoms with Crippen molar-refractivity contribution in [3.63, 3.8) is 0 Å². The van der Waals surface area contributed by atoms with Gasteiger partial charge in [0.2, 0.25) is 5.79 Å². The monoisotopic (exact) mass is 614 g/mol. The lowest BCUT2D eigenvalue weighted by Crippen LogP contribution is -2.56. The van der Waals surface area contributed by atoms with E-state index in [1.807, 2.05) is 13.8 Å². The zero-order valence-electron chi connectivity index (χ0n) is 24.8. The number of ether oxygens (including phenoxy) is 2. The van der Waals surface area contributed by atoms with E-state index >= 15 is 0 Å². The van der Waals surface area contributed by atoms with Crippen LogP contribution in [0.15, 0.2) is 48.6 Å². The molecule has 2 aliphatic carbocycles. The lowest BCUT2D eigenvalue weighted by molar-refractivity contribution is -0.257.